The molecule has 0 bridgehead atoms. The normalized spacial score (nSPS) is 23.2. The van der Waals surface area contributed by atoms with Crippen molar-refractivity contribution in [1.29, 1.82) is 0 Å². The lowest BCUT2D eigenvalue weighted by molar-refractivity contribution is 0.423. The maximum atomic E-state index is 11.6. The van der Waals surface area contributed by atoms with Crippen molar-refractivity contribution in [1.82, 2.24) is 5.32 Å². The fourth-order valence-electron chi connectivity index (χ4n) is 1.54. The first-order chi connectivity index (χ1) is 6.02. The van der Waals surface area contributed by atoms with Crippen LogP contribution in [-0.4, -0.2) is 32.0 Å². The first-order valence-electron chi connectivity index (χ1n) is 4.97. The van der Waals surface area contributed by atoms with Crippen LogP contribution in [-0.2, 0) is 9.84 Å². The van der Waals surface area contributed by atoms with Crippen molar-refractivity contribution in [2.45, 2.75) is 44.4 Å². The number of nitrogens with one attached hydrogen (secondary N) is 1. The molecule has 0 radical (unpaired) electrons. The third kappa shape index (κ3) is 4.15. The second-order valence-corrected chi connectivity index (χ2v) is 6.63. The Bertz CT molecular complexity index is 246. The molecule has 0 aromatic carbocycles. The summed E-state index contributed by atoms with van der Waals surface area (Å²) in [7, 11) is -2.86. The monoisotopic (exact) mass is 241 g/mol. The van der Waals surface area contributed by atoms with E-state index in [-0.39, 0.29) is 23.7 Å². The molecule has 1 saturated heterocycles. The highest BCUT2D eigenvalue weighted by atomic mass is 35.5. The van der Waals surface area contributed by atoms with Crippen LogP contribution in [0.5, 0.6) is 0 Å². The zero-order chi connectivity index (χ0) is 9.90. The zero-order valence-corrected chi connectivity index (χ0v) is 10.5. The van der Waals surface area contributed by atoms with E-state index in [1.807, 2.05) is 0 Å². The Balaban J connectivity index is 0.00000169. The van der Waals surface area contributed by atoms with E-state index in [0.717, 1.165) is 19.4 Å². The molecule has 0 aromatic heterocycles. The summed E-state index contributed by atoms with van der Waals surface area (Å²) in [5.41, 5.74) is 0. The van der Waals surface area contributed by atoms with Gasteiger partial charge in [0.25, 0.3) is 0 Å². The van der Waals surface area contributed by atoms with Gasteiger partial charge in [0, 0.05) is 6.04 Å². The van der Waals surface area contributed by atoms with Crippen LogP contribution in [0.2, 0.25) is 0 Å². The zero-order valence-electron chi connectivity index (χ0n) is 8.82. The summed E-state index contributed by atoms with van der Waals surface area (Å²) in [5.74, 6) is 0.310. The van der Waals surface area contributed by atoms with Crippen LogP contribution < -0.4 is 5.32 Å². The summed E-state index contributed by atoms with van der Waals surface area (Å²) in [6.07, 6.45) is 3.34. The van der Waals surface area contributed by atoms with Gasteiger partial charge in [-0.1, -0.05) is 6.42 Å². The van der Waals surface area contributed by atoms with E-state index < -0.39 is 9.84 Å². The molecule has 1 aliphatic rings. The maximum Gasteiger partial charge on any atom is 0.154 e. The number of sulfone groups is 1. The lowest BCUT2D eigenvalue weighted by Gasteiger charge is -2.23. The largest absolute Gasteiger partial charge is 0.313 e. The van der Waals surface area contributed by atoms with Gasteiger partial charge in [-0.25, -0.2) is 8.42 Å². The summed E-state index contributed by atoms with van der Waals surface area (Å²) in [6.45, 7) is 4.47. The molecule has 1 unspecified atom stereocenters. The minimum Gasteiger partial charge on any atom is -0.313 e. The van der Waals surface area contributed by atoms with E-state index in [9.17, 15) is 8.42 Å². The molecule has 0 saturated carbocycles. The Morgan fingerprint density at radius 1 is 1.36 bits per heavy atom. The van der Waals surface area contributed by atoms with E-state index in [0.29, 0.717) is 5.75 Å². The minimum atomic E-state index is -2.86. The number of rotatable bonds is 3. The van der Waals surface area contributed by atoms with Crippen LogP contribution in [0.4, 0.5) is 0 Å². The molecule has 1 rings (SSSR count). The summed E-state index contributed by atoms with van der Waals surface area (Å²) >= 11 is 0. The number of halogens is 1. The molecule has 0 amide bonds. The predicted molar refractivity (Wildman–Crippen MR) is 61.8 cm³/mol. The second kappa shape index (κ2) is 5.93. The van der Waals surface area contributed by atoms with Gasteiger partial charge in [-0.3, -0.25) is 0 Å². The van der Waals surface area contributed by atoms with Gasteiger partial charge in [0.15, 0.2) is 9.84 Å². The van der Waals surface area contributed by atoms with Crippen molar-refractivity contribution < 1.29 is 8.42 Å². The Labute approximate surface area is 93.0 Å². The van der Waals surface area contributed by atoms with E-state index in [1.54, 1.807) is 13.8 Å². The molecule has 86 valence electrons. The predicted octanol–water partition coefficient (Wildman–Crippen LogP) is 1.37. The highest BCUT2D eigenvalue weighted by Crippen LogP contribution is 2.11. The van der Waals surface area contributed by atoms with Crippen LogP contribution in [0.3, 0.4) is 0 Å². The van der Waals surface area contributed by atoms with Gasteiger partial charge < -0.3 is 5.32 Å². The Morgan fingerprint density at radius 3 is 2.43 bits per heavy atom. The van der Waals surface area contributed by atoms with Crippen LogP contribution in [0.1, 0.15) is 33.1 Å². The average molecular weight is 242 g/mol. The SMILES string of the molecule is CC(C)S(=O)(=O)CC1CCCCN1.Cl. The summed E-state index contributed by atoms with van der Waals surface area (Å²) in [4.78, 5) is 0. The summed E-state index contributed by atoms with van der Waals surface area (Å²) in [6, 6.07) is 0.196. The van der Waals surface area contributed by atoms with Crippen LogP contribution in [0.15, 0.2) is 0 Å². The number of hydrogen-bond donors (Lipinski definition) is 1. The van der Waals surface area contributed by atoms with Crippen LogP contribution in [0, 0.1) is 0 Å². The van der Waals surface area contributed by atoms with Gasteiger partial charge in [-0.05, 0) is 33.2 Å². The van der Waals surface area contributed by atoms with Crippen LogP contribution >= 0.6 is 12.4 Å². The Hall–Kier alpha value is 0.200. The first-order valence-corrected chi connectivity index (χ1v) is 6.69. The first kappa shape index (κ1) is 14.2. The molecule has 1 heterocycles. The molecule has 14 heavy (non-hydrogen) atoms. The molecule has 1 aliphatic heterocycles. The third-order valence-electron chi connectivity index (χ3n) is 2.56. The molecule has 0 aliphatic carbocycles. The fraction of sp³-hybridized carbons (Fsp3) is 1.00. The fourth-order valence-corrected chi connectivity index (χ4v) is 2.77. The van der Waals surface area contributed by atoms with Gasteiger partial charge >= 0.3 is 0 Å². The van der Waals surface area contributed by atoms with E-state index >= 15 is 0 Å². The molecule has 1 fully saturated rings. The molecular weight excluding hydrogens is 222 g/mol. The lowest BCUT2D eigenvalue weighted by Crippen LogP contribution is -2.40. The summed E-state index contributed by atoms with van der Waals surface area (Å²) < 4.78 is 23.1. The van der Waals surface area contributed by atoms with Crippen LogP contribution in [0.25, 0.3) is 0 Å². The topological polar surface area (TPSA) is 46.2 Å². The van der Waals surface area contributed by atoms with E-state index in [2.05, 4.69) is 5.32 Å². The van der Waals surface area contributed by atoms with Crippen molar-refractivity contribution in [3.05, 3.63) is 0 Å². The molecule has 1 atom stereocenters. The van der Waals surface area contributed by atoms with Gasteiger partial charge in [0.2, 0.25) is 0 Å². The molecular formula is C9H20ClNO2S. The molecule has 1 N–H and O–H groups in total. The molecule has 5 heteroatoms. The maximum absolute atomic E-state index is 11.6. The van der Waals surface area contributed by atoms with E-state index in [4.69, 9.17) is 0 Å². The van der Waals surface area contributed by atoms with Crippen molar-refractivity contribution in [2.24, 2.45) is 0 Å². The summed E-state index contributed by atoms with van der Waals surface area (Å²) in [5, 5.41) is 3.01. The van der Waals surface area contributed by atoms with Crippen molar-refractivity contribution >= 4 is 22.2 Å². The lowest BCUT2D eigenvalue weighted by atomic mass is 10.1. The van der Waals surface area contributed by atoms with Crippen molar-refractivity contribution in [3.8, 4) is 0 Å². The third-order valence-corrected chi connectivity index (χ3v) is 4.87. The Kier molecular flexibility index (Phi) is 6.02. The van der Waals surface area contributed by atoms with Gasteiger partial charge in [0.05, 0.1) is 11.0 Å². The van der Waals surface area contributed by atoms with Gasteiger partial charge in [-0.2, -0.15) is 0 Å². The minimum absolute atomic E-state index is 0. The van der Waals surface area contributed by atoms with Gasteiger partial charge in [-0.15, -0.1) is 12.4 Å². The van der Waals surface area contributed by atoms with Gasteiger partial charge in [0.1, 0.15) is 0 Å². The highest BCUT2D eigenvalue weighted by molar-refractivity contribution is 7.92. The average Bonchev–Trinajstić information content (AvgIpc) is 2.05. The second-order valence-electron chi connectivity index (χ2n) is 4.03. The molecule has 0 aromatic rings. The van der Waals surface area contributed by atoms with Crippen molar-refractivity contribution in [3.63, 3.8) is 0 Å². The van der Waals surface area contributed by atoms with E-state index in [1.165, 1.54) is 6.42 Å². The number of hydrogen-bond acceptors (Lipinski definition) is 3. The quantitative estimate of drug-likeness (QED) is 0.812. The van der Waals surface area contributed by atoms with Crippen molar-refractivity contribution in [2.75, 3.05) is 12.3 Å². The number of piperidine rings is 1. The molecule has 0 spiro atoms. The highest BCUT2D eigenvalue weighted by Gasteiger charge is 2.23. The standard InChI is InChI=1S/C9H19NO2S.ClH/c1-8(2)13(11,12)7-9-5-3-4-6-10-9;/h8-10H,3-7H2,1-2H3;1H. The Morgan fingerprint density at radius 2 is 2.00 bits per heavy atom. The molecule has 3 nitrogen and oxygen atoms in total. The smallest absolute Gasteiger partial charge is 0.154 e.